The number of rotatable bonds is 10. The maximum atomic E-state index is 12.8. The van der Waals surface area contributed by atoms with Crippen LogP contribution in [0.25, 0.3) is 0 Å². The number of amides is 1. The molecule has 4 rings (SSSR count). The van der Waals surface area contributed by atoms with E-state index in [0.717, 1.165) is 75.2 Å². The van der Waals surface area contributed by atoms with Crippen molar-refractivity contribution in [2.75, 3.05) is 26.2 Å². The van der Waals surface area contributed by atoms with Crippen LogP contribution in [0.4, 0.5) is 8.78 Å². The van der Waals surface area contributed by atoms with Crippen molar-refractivity contribution in [2.24, 2.45) is 5.92 Å². The number of fused-ring (bicyclic) bond motifs is 1. The molecule has 0 spiro atoms. The first-order valence-corrected chi connectivity index (χ1v) is 13.4. The number of alkyl halides is 2. The van der Waals surface area contributed by atoms with Crippen LogP contribution in [-0.4, -0.2) is 66.8 Å². The summed E-state index contributed by atoms with van der Waals surface area (Å²) >= 11 is 1.41. The Morgan fingerprint density at radius 3 is 2.89 bits per heavy atom. The molecule has 1 aromatic rings. The highest BCUT2D eigenvalue weighted by atomic mass is 32.1. The Labute approximate surface area is 209 Å². The van der Waals surface area contributed by atoms with E-state index < -0.39 is 13.0 Å². The van der Waals surface area contributed by atoms with Gasteiger partial charge >= 0.3 is 0 Å². The molecule has 1 aliphatic carbocycles. The number of nitrogens with zero attached hydrogens (tertiary/aromatic N) is 2. The van der Waals surface area contributed by atoms with E-state index >= 15 is 0 Å². The van der Waals surface area contributed by atoms with Crippen LogP contribution in [0.15, 0.2) is 23.9 Å². The lowest BCUT2D eigenvalue weighted by molar-refractivity contribution is -0.118. The van der Waals surface area contributed by atoms with Crippen LogP contribution in [0.1, 0.15) is 49.1 Å². The molecule has 0 radical (unpaired) electrons. The quantitative estimate of drug-likeness (QED) is 0.420. The molecule has 1 aromatic heterocycles. The Morgan fingerprint density at radius 2 is 2.11 bits per heavy atom. The largest absolute Gasteiger partial charge is 0.464 e. The van der Waals surface area contributed by atoms with E-state index in [-0.39, 0.29) is 18.0 Å². The Bertz CT molecular complexity index is 899. The van der Waals surface area contributed by atoms with Crippen molar-refractivity contribution < 1.29 is 18.3 Å². The van der Waals surface area contributed by atoms with E-state index in [9.17, 15) is 13.6 Å². The van der Waals surface area contributed by atoms with Gasteiger partial charge in [-0.25, -0.2) is 13.8 Å². The lowest BCUT2D eigenvalue weighted by Crippen LogP contribution is -2.43. The smallest absolute Gasteiger partial charge is 0.273 e. The van der Waals surface area contributed by atoms with Crippen LogP contribution in [0.3, 0.4) is 0 Å². The zero-order chi connectivity index (χ0) is 24.6. The topological polar surface area (TPSA) is 90.3 Å². The van der Waals surface area contributed by atoms with E-state index in [0.29, 0.717) is 23.1 Å². The highest BCUT2D eigenvalue weighted by Gasteiger charge is 2.27. The Kier molecular flexibility index (Phi) is 9.25. The first-order valence-electron chi connectivity index (χ1n) is 12.6. The number of allylic oxidation sites excluding steroid dienone is 2. The summed E-state index contributed by atoms with van der Waals surface area (Å²) in [6, 6.07) is 0.0899. The van der Waals surface area contributed by atoms with Gasteiger partial charge < -0.3 is 25.7 Å². The summed E-state index contributed by atoms with van der Waals surface area (Å²) in [7, 11) is 0. The summed E-state index contributed by atoms with van der Waals surface area (Å²) in [6.45, 7) is 2.36. The van der Waals surface area contributed by atoms with Crippen molar-refractivity contribution >= 4 is 23.5 Å². The number of carbonyl (C=O) groups excluding carboxylic acids is 1. The molecule has 10 heteroatoms. The predicted molar refractivity (Wildman–Crippen MR) is 134 cm³/mol. The lowest BCUT2D eigenvalue weighted by atomic mass is 9.83. The standard InChI is InChI=1S/C25H35F2N5O2S/c26-23(27)16-34-25-31-21-9-14-32(15-10-22(21)35-25)13-8-17-3-5-18(6-4-17)30-24(33)19-2-1-12-29-20(19)7-11-28/h1-2,11-12,17-18,20,23,28-29H,3-10,13-16H2,(H,30,33). The fourth-order valence-corrected chi connectivity index (χ4v) is 6.06. The predicted octanol–water partition coefficient (Wildman–Crippen LogP) is 3.70. The van der Waals surface area contributed by atoms with Crippen LogP contribution >= 0.6 is 11.3 Å². The van der Waals surface area contributed by atoms with Gasteiger partial charge in [-0.1, -0.05) is 17.4 Å². The molecule has 0 bridgehead atoms. The molecule has 192 valence electrons. The van der Waals surface area contributed by atoms with Crippen molar-refractivity contribution in [3.05, 3.63) is 34.5 Å². The van der Waals surface area contributed by atoms with Gasteiger partial charge in [-0.3, -0.25) is 4.79 Å². The van der Waals surface area contributed by atoms with Crippen LogP contribution < -0.4 is 15.4 Å². The number of nitrogens with one attached hydrogen (secondary N) is 3. The van der Waals surface area contributed by atoms with Gasteiger partial charge in [-0.05, 0) is 69.5 Å². The van der Waals surface area contributed by atoms with E-state index in [1.165, 1.54) is 17.6 Å². The second kappa shape index (κ2) is 12.6. The minimum Gasteiger partial charge on any atom is -0.464 e. The molecule has 1 saturated carbocycles. The maximum absolute atomic E-state index is 12.8. The summed E-state index contributed by atoms with van der Waals surface area (Å²) in [5.41, 5.74) is 1.70. The second-order valence-corrected chi connectivity index (χ2v) is 10.6. The molecule has 0 saturated heterocycles. The number of carbonyl (C=O) groups is 1. The number of hydrogen-bond acceptors (Lipinski definition) is 7. The third-order valence-electron chi connectivity index (χ3n) is 7.11. The number of ether oxygens (including phenoxy) is 1. The Balaban J connectivity index is 1.16. The minimum atomic E-state index is -2.48. The van der Waals surface area contributed by atoms with Crippen molar-refractivity contribution in [2.45, 2.75) is 69.9 Å². The highest BCUT2D eigenvalue weighted by Crippen LogP contribution is 2.30. The fourth-order valence-electron chi connectivity index (χ4n) is 5.11. The molecule has 2 aliphatic heterocycles. The second-order valence-electron chi connectivity index (χ2n) is 9.51. The van der Waals surface area contributed by atoms with Crippen LogP contribution in [0.2, 0.25) is 0 Å². The first-order chi connectivity index (χ1) is 17.0. The number of thiazole rings is 1. The molecule has 1 atom stereocenters. The van der Waals surface area contributed by atoms with Gasteiger partial charge in [0.2, 0.25) is 5.91 Å². The molecule has 3 aliphatic rings. The average Bonchev–Trinajstić information content (AvgIpc) is 3.16. The van der Waals surface area contributed by atoms with E-state index in [4.69, 9.17) is 10.1 Å². The third kappa shape index (κ3) is 7.33. The van der Waals surface area contributed by atoms with E-state index in [1.54, 1.807) is 0 Å². The first kappa shape index (κ1) is 25.8. The zero-order valence-corrected chi connectivity index (χ0v) is 20.8. The SMILES string of the molecule is N=CCC1NC=CC=C1C(=O)NC1CCC(CCN2CCc3nc(OCC(F)F)sc3CC2)CC1. The Morgan fingerprint density at radius 1 is 1.31 bits per heavy atom. The number of aromatic nitrogens is 1. The molecule has 35 heavy (non-hydrogen) atoms. The summed E-state index contributed by atoms with van der Waals surface area (Å²) < 4.78 is 29.8. The van der Waals surface area contributed by atoms with Crippen LogP contribution in [0, 0.1) is 11.3 Å². The average molecular weight is 508 g/mol. The molecule has 0 aromatic carbocycles. The van der Waals surface area contributed by atoms with Gasteiger partial charge in [0, 0.05) is 42.4 Å². The molecule has 7 nitrogen and oxygen atoms in total. The normalized spacial score (nSPS) is 24.8. The summed E-state index contributed by atoms with van der Waals surface area (Å²) in [5.74, 6) is 0.655. The fraction of sp³-hybridized carbons (Fsp3) is 0.640. The number of hydrogen-bond donors (Lipinski definition) is 3. The summed E-state index contributed by atoms with van der Waals surface area (Å²) in [4.78, 5) is 20.9. The third-order valence-corrected chi connectivity index (χ3v) is 8.18. The lowest BCUT2D eigenvalue weighted by Gasteiger charge is -2.31. The molecule has 1 amide bonds. The van der Waals surface area contributed by atoms with Crippen molar-refractivity contribution in [3.8, 4) is 5.19 Å². The molecule has 3 N–H and O–H groups in total. The van der Waals surface area contributed by atoms with Gasteiger partial charge in [-0.15, -0.1) is 0 Å². The summed E-state index contributed by atoms with van der Waals surface area (Å²) in [6.07, 6.45) is 12.0. The van der Waals surface area contributed by atoms with Crippen molar-refractivity contribution in [1.82, 2.24) is 20.5 Å². The van der Waals surface area contributed by atoms with Crippen LogP contribution in [-0.2, 0) is 17.6 Å². The molecule has 1 fully saturated rings. The minimum absolute atomic E-state index is 0.0226. The molecular weight excluding hydrogens is 472 g/mol. The van der Waals surface area contributed by atoms with E-state index in [1.807, 2.05) is 18.4 Å². The molecule has 3 heterocycles. The maximum Gasteiger partial charge on any atom is 0.273 e. The van der Waals surface area contributed by atoms with Crippen LogP contribution in [0.5, 0.6) is 5.19 Å². The van der Waals surface area contributed by atoms with Gasteiger partial charge in [0.25, 0.3) is 11.6 Å². The van der Waals surface area contributed by atoms with Gasteiger partial charge in [0.1, 0.15) is 0 Å². The monoisotopic (exact) mass is 507 g/mol. The van der Waals surface area contributed by atoms with Gasteiger partial charge in [-0.2, -0.15) is 0 Å². The molecule has 1 unspecified atom stereocenters. The highest BCUT2D eigenvalue weighted by molar-refractivity contribution is 7.13. The van der Waals surface area contributed by atoms with Gasteiger partial charge in [0.15, 0.2) is 6.61 Å². The molecular formula is C25H35F2N5O2S. The Hall–Kier alpha value is -2.33. The van der Waals surface area contributed by atoms with Crippen molar-refractivity contribution in [1.29, 1.82) is 5.41 Å². The van der Waals surface area contributed by atoms with Crippen molar-refractivity contribution in [3.63, 3.8) is 0 Å². The zero-order valence-electron chi connectivity index (χ0n) is 20.0. The van der Waals surface area contributed by atoms with E-state index in [2.05, 4.69) is 20.5 Å². The number of halogens is 2. The summed E-state index contributed by atoms with van der Waals surface area (Å²) in [5, 5.41) is 14.1. The number of dihydropyridines is 1. The van der Waals surface area contributed by atoms with Gasteiger partial charge in [0.05, 0.1) is 11.7 Å².